The van der Waals surface area contributed by atoms with E-state index < -0.39 is 5.91 Å². The molecule has 192 valence electrons. The summed E-state index contributed by atoms with van der Waals surface area (Å²) in [5.41, 5.74) is 5.91. The quantitative estimate of drug-likeness (QED) is 0.428. The third-order valence-electron chi connectivity index (χ3n) is 6.55. The Bertz CT molecular complexity index is 1390. The summed E-state index contributed by atoms with van der Waals surface area (Å²) in [7, 11) is 0. The number of morpholine rings is 1. The summed E-state index contributed by atoms with van der Waals surface area (Å²) in [6.07, 6.45) is 1.17. The minimum atomic E-state index is -0.420. The molecule has 37 heavy (non-hydrogen) atoms. The van der Waals surface area contributed by atoms with Crippen LogP contribution in [0.5, 0.6) is 0 Å². The fourth-order valence-electron chi connectivity index (χ4n) is 4.58. The van der Waals surface area contributed by atoms with Crippen LogP contribution < -0.4 is 21.1 Å². The molecule has 4 rings (SSSR count). The molecule has 0 bridgehead atoms. The molecule has 1 aliphatic heterocycles. The Morgan fingerprint density at radius 1 is 1.05 bits per heavy atom. The summed E-state index contributed by atoms with van der Waals surface area (Å²) in [4.78, 5) is 43.3. The molecule has 2 amide bonds. The number of carbonyl (C=O) groups excluding carboxylic acids is 2. The van der Waals surface area contributed by atoms with Gasteiger partial charge in [-0.2, -0.15) is 0 Å². The van der Waals surface area contributed by atoms with E-state index in [1.54, 1.807) is 0 Å². The Hall–Kier alpha value is -4.17. The van der Waals surface area contributed by atoms with Gasteiger partial charge < -0.3 is 25.3 Å². The van der Waals surface area contributed by atoms with Gasteiger partial charge in [-0.3, -0.25) is 14.4 Å². The van der Waals surface area contributed by atoms with Crippen molar-refractivity contribution >= 4 is 23.2 Å². The van der Waals surface area contributed by atoms with Crippen molar-refractivity contribution < 1.29 is 14.3 Å². The summed E-state index contributed by atoms with van der Waals surface area (Å²) in [6, 6.07) is 13.6. The van der Waals surface area contributed by atoms with Crippen molar-refractivity contribution in [1.29, 1.82) is 0 Å². The van der Waals surface area contributed by atoms with Crippen molar-refractivity contribution in [1.82, 2.24) is 10.3 Å². The van der Waals surface area contributed by atoms with Crippen molar-refractivity contribution in [3.8, 4) is 11.1 Å². The lowest BCUT2D eigenvalue weighted by atomic mass is 9.95. The van der Waals surface area contributed by atoms with E-state index >= 15 is 0 Å². The Morgan fingerprint density at radius 2 is 1.76 bits per heavy atom. The molecular weight excluding hydrogens is 468 g/mol. The van der Waals surface area contributed by atoms with Crippen molar-refractivity contribution in [3.63, 3.8) is 0 Å². The second-order valence-electron chi connectivity index (χ2n) is 9.15. The number of hydrogen-bond acceptors (Lipinski definition) is 5. The van der Waals surface area contributed by atoms with Gasteiger partial charge in [-0.05, 0) is 61.7 Å². The van der Waals surface area contributed by atoms with Crippen LogP contribution in [-0.2, 0) is 16.1 Å². The van der Waals surface area contributed by atoms with Gasteiger partial charge >= 0.3 is 0 Å². The minimum absolute atomic E-state index is 0.0625. The molecule has 0 radical (unpaired) electrons. The second kappa shape index (κ2) is 11.3. The number of benzene rings is 2. The van der Waals surface area contributed by atoms with E-state index in [-0.39, 0.29) is 18.0 Å². The number of aromatic amines is 1. The zero-order valence-corrected chi connectivity index (χ0v) is 21.4. The fraction of sp³-hybridized carbons (Fsp3) is 0.276. The molecule has 2 heterocycles. The van der Waals surface area contributed by atoms with E-state index in [0.717, 1.165) is 35.6 Å². The molecule has 0 saturated carbocycles. The SMILES string of the molecule is C=CC(=O)Nc1c(-c2ccc(N3CCOCC3)cc2)ccc(C)c1C(=O)NCc1c(C)cc(C)[nH]c1=O. The number of rotatable bonds is 7. The number of aromatic nitrogens is 1. The van der Waals surface area contributed by atoms with Gasteiger partial charge in [-0.15, -0.1) is 0 Å². The number of ether oxygens (including phenoxy) is 1. The highest BCUT2D eigenvalue weighted by Gasteiger charge is 2.21. The molecule has 1 fully saturated rings. The van der Waals surface area contributed by atoms with Crippen molar-refractivity contribution in [2.75, 3.05) is 36.5 Å². The molecule has 1 saturated heterocycles. The number of nitrogens with zero attached hydrogens (tertiary/aromatic N) is 1. The summed E-state index contributed by atoms with van der Waals surface area (Å²) in [5, 5.41) is 5.71. The lowest BCUT2D eigenvalue weighted by Crippen LogP contribution is -2.36. The standard InChI is InChI=1S/C29H32N4O4/c1-5-25(34)32-27-23(21-7-9-22(10-8-21)33-12-14-37-15-13-33)11-6-18(2)26(27)29(36)30-17-24-19(3)16-20(4)31-28(24)35/h5-11,16H,1,12-15,17H2,2-4H3,(H,30,36)(H,31,35)(H,32,34). The van der Waals surface area contributed by atoms with Crippen LogP contribution in [0.1, 0.15) is 32.7 Å². The maximum atomic E-state index is 13.4. The molecule has 1 aliphatic rings. The summed E-state index contributed by atoms with van der Waals surface area (Å²) in [5.74, 6) is -0.806. The van der Waals surface area contributed by atoms with Crippen LogP contribution >= 0.6 is 0 Å². The largest absolute Gasteiger partial charge is 0.378 e. The van der Waals surface area contributed by atoms with Gasteiger partial charge in [0.1, 0.15) is 0 Å². The average molecular weight is 501 g/mol. The number of carbonyl (C=O) groups is 2. The molecule has 2 aromatic carbocycles. The zero-order valence-electron chi connectivity index (χ0n) is 21.4. The van der Waals surface area contributed by atoms with Gasteiger partial charge in [0, 0.05) is 42.1 Å². The molecule has 3 aromatic rings. The van der Waals surface area contributed by atoms with Gasteiger partial charge in [0.15, 0.2) is 0 Å². The predicted octanol–water partition coefficient (Wildman–Crippen LogP) is 3.86. The lowest BCUT2D eigenvalue weighted by molar-refractivity contribution is -0.111. The van der Waals surface area contributed by atoms with Crippen LogP contribution in [0.3, 0.4) is 0 Å². The normalized spacial score (nSPS) is 13.2. The first-order chi connectivity index (χ1) is 17.8. The monoisotopic (exact) mass is 500 g/mol. The Labute approximate surface area is 216 Å². The van der Waals surface area contributed by atoms with Crippen LogP contribution in [0.25, 0.3) is 11.1 Å². The molecule has 0 spiro atoms. The lowest BCUT2D eigenvalue weighted by Gasteiger charge is -2.29. The third-order valence-corrected chi connectivity index (χ3v) is 6.55. The van der Waals surface area contributed by atoms with Crippen LogP contribution in [0.4, 0.5) is 11.4 Å². The molecular formula is C29H32N4O4. The van der Waals surface area contributed by atoms with E-state index in [2.05, 4.69) is 27.1 Å². The maximum absolute atomic E-state index is 13.4. The highest BCUT2D eigenvalue weighted by Crippen LogP contribution is 2.34. The molecule has 8 heteroatoms. The van der Waals surface area contributed by atoms with Crippen LogP contribution in [-0.4, -0.2) is 43.1 Å². The van der Waals surface area contributed by atoms with Crippen molar-refractivity contribution in [2.45, 2.75) is 27.3 Å². The molecule has 3 N–H and O–H groups in total. The summed E-state index contributed by atoms with van der Waals surface area (Å²) < 4.78 is 5.44. The number of anilines is 2. The van der Waals surface area contributed by atoms with Gasteiger partial charge in [0.2, 0.25) is 5.91 Å². The predicted molar refractivity (Wildman–Crippen MR) is 146 cm³/mol. The third kappa shape index (κ3) is 5.81. The van der Waals surface area contributed by atoms with E-state index in [1.807, 2.05) is 63.2 Å². The smallest absolute Gasteiger partial charge is 0.253 e. The number of nitrogens with one attached hydrogen (secondary N) is 3. The first-order valence-corrected chi connectivity index (χ1v) is 12.3. The van der Waals surface area contributed by atoms with E-state index in [1.165, 1.54) is 6.08 Å². The number of amides is 2. The summed E-state index contributed by atoms with van der Waals surface area (Å²) >= 11 is 0. The highest BCUT2D eigenvalue weighted by atomic mass is 16.5. The van der Waals surface area contributed by atoms with Crippen molar-refractivity contribution in [3.05, 3.63) is 93.4 Å². The number of pyridine rings is 1. The molecule has 0 atom stereocenters. The van der Waals surface area contributed by atoms with Gasteiger partial charge in [-0.25, -0.2) is 0 Å². The Morgan fingerprint density at radius 3 is 2.41 bits per heavy atom. The first kappa shape index (κ1) is 25.9. The second-order valence-corrected chi connectivity index (χ2v) is 9.15. The molecule has 8 nitrogen and oxygen atoms in total. The minimum Gasteiger partial charge on any atom is -0.378 e. The van der Waals surface area contributed by atoms with E-state index in [0.29, 0.717) is 41.2 Å². The number of H-pyrrole nitrogens is 1. The Balaban J connectivity index is 1.68. The number of aryl methyl sites for hydroxylation is 3. The highest BCUT2D eigenvalue weighted by molar-refractivity contribution is 6.10. The van der Waals surface area contributed by atoms with Gasteiger partial charge in [0.25, 0.3) is 11.5 Å². The Kier molecular flexibility index (Phi) is 7.89. The van der Waals surface area contributed by atoms with Crippen LogP contribution in [0.15, 0.2) is 59.9 Å². The van der Waals surface area contributed by atoms with Crippen LogP contribution in [0, 0.1) is 20.8 Å². The molecule has 0 unspecified atom stereocenters. The first-order valence-electron chi connectivity index (χ1n) is 12.3. The van der Waals surface area contributed by atoms with E-state index in [4.69, 9.17) is 4.74 Å². The summed E-state index contributed by atoms with van der Waals surface area (Å²) in [6.45, 7) is 12.1. The van der Waals surface area contributed by atoms with E-state index in [9.17, 15) is 14.4 Å². The van der Waals surface area contributed by atoms with Gasteiger partial charge in [-0.1, -0.05) is 30.8 Å². The number of hydrogen-bond donors (Lipinski definition) is 3. The van der Waals surface area contributed by atoms with Crippen molar-refractivity contribution in [2.24, 2.45) is 0 Å². The fourth-order valence-corrected chi connectivity index (χ4v) is 4.58. The van der Waals surface area contributed by atoms with Crippen LogP contribution in [0.2, 0.25) is 0 Å². The zero-order chi connectivity index (χ0) is 26.5. The van der Waals surface area contributed by atoms with Gasteiger partial charge in [0.05, 0.1) is 24.5 Å². The topological polar surface area (TPSA) is 104 Å². The average Bonchev–Trinajstić information content (AvgIpc) is 2.88. The molecule has 1 aromatic heterocycles. The molecule has 0 aliphatic carbocycles. The maximum Gasteiger partial charge on any atom is 0.253 e.